The highest BCUT2D eigenvalue weighted by molar-refractivity contribution is 5.30. The van der Waals surface area contributed by atoms with Crippen LogP contribution in [0, 0.1) is 12.7 Å². The number of benzene rings is 2. The molecule has 0 aliphatic heterocycles. The van der Waals surface area contributed by atoms with E-state index in [1.165, 1.54) is 11.1 Å². The van der Waals surface area contributed by atoms with Crippen LogP contribution in [0.4, 0.5) is 4.39 Å². The summed E-state index contributed by atoms with van der Waals surface area (Å²) < 4.78 is 13.1. The van der Waals surface area contributed by atoms with Crippen LogP contribution in [-0.2, 0) is 6.42 Å². The van der Waals surface area contributed by atoms with Gasteiger partial charge < -0.3 is 5.32 Å². The van der Waals surface area contributed by atoms with Gasteiger partial charge in [0, 0.05) is 12.5 Å². The number of likely N-dealkylation sites (N-methyl/N-ethyl adjacent to an activating group) is 1. The minimum absolute atomic E-state index is 0.161. The van der Waals surface area contributed by atoms with Gasteiger partial charge in [0.2, 0.25) is 0 Å². The van der Waals surface area contributed by atoms with Gasteiger partial charge in [0.25, 0.3) is 0 Å². The summed E-state index contributed by atoms with van der Waals surface area (Å²) >= 11 is 0. The third-order valence-electron chi connectivity index (χ3n) is 3.49. The van der Waals surface area contributed by atoms with Gasteiger partial charge in [0.1, 0.15) is 5.82 Å². The van der Waals surface area contributed by atoms with Crippen molar-refractivity contribution in [2.24, 2.45) is 0 Å². The molecule has 1 atom stereocenters. The maximum Gasteiger partial charge on any atom is 0.123 e. The molecule has 0 radical (unpaired) electrons. The normalized spacial score (nSPS) is 12.4. The molecule has 2 aromatic rings. The fourth-order valence-corrected chi connectivity index (χ4v) is 2.43. The van der Waals surface area contributed by atoms with Crippen molar-refractivity contribution in [2.75, 3.05) is 13.6 Å². The van der Waals surface area contributed by atoms with Crippen molar-refractivity contribution >= 4 is 0 Å². The Morgan fingerprint density at radius 3 is 2.47 bits per heavy atom. The van der Waals surface area contributed by atoms with Crippen LogP contribution < -0.4 is 5.32 Å². The van der Waals surface area contributed by atoms with Crippen LogP contribution in [0.25, 0.3) is 0 Å². The van der Waals surface area contributed by atoms with Crippen molar-refractivity contribution < 1.29 is 4.39 Å². The second kappa shape index (κ2) is 6.48. The first-order valence-electron chi connectivity index (χ1n) is 6.65. The molecule has 0 fully saturated rings. The van der Waals surface area contributed by atoms with Crippen molar-refractivity contribution in [1.29, 1.82) is 0 Å². The summed E-state index contributed by atoms with van der Waals surface area (Å²) in [6.07, 6.45) is 0.928. The number of halogens is 1. The summed E-state index contributed by atoms with van der Waals surface area (Å²) in [5.41, 5.74) is 3.56. The van der Waals surface area contributed by atoms with Crippen molar-refractivity contribution in [3.05, 3.63) is 71.0 Å². The van der Waals surface area contributed by atoms with E-state index in [0.29, 0.717) is 5.92 Å². The van der Waals surface area contributed by atoms with Crippen LogP contribution in [0.5, 0.6) is 0 Å². The Bertz CT molecular complexity index is 522. The van der Waals surface area contributed by atoms with Crippen molar-refractivity contribution in [3.63, 3.8) is 0 Å². The standard InChI is InChI=1S/C17H20FN/c1-13-10-17(18)9-8-15(13)11-16(12-19-2)14-6-4-3-5-7-14/h3-10,16,19H,11-12H2,1-2H3. The molecule has 0 saturated carbocycles. The van der Waals surface area contributed by atoms with E-state index in [0.717, 1.165) is 18.5 Å². The Labute approximate surface area is 114 Å². The van der Waals surface area contributed by atoms with Crippen LogP contribution >= 0.6 is 0 Å². The molecule has 2 aromatic carbocycles. The first-order valence-corrected chi connectivity index (χ1v) is 6.65. The summed E-state index contributed by atoms with van der Waals surface area (Å²) in [5.74, 6) is 0.251. The maximum absolute atomic E-state index is 13.1. The molecule has 2 rings (SSSR count). The van der Waals surface area contributed by atoms with Gasteiger partial charge >= 0.3 is 0 Å². The lowest BCUT2D eigenvalue weighted by atomic mass is 9.90. The summed E-state index contributed by atoms with van der Waals surface area (Å²) in [6.45, 7) is 2.89. The molecule has 0 amide bonds. The highest BCUT2D eigenvalue weighted by Crippen LogP contribution is 2.22. The van der Waals surface area contributed by atoms with Crippen LogP contribution in [0.1, 0.15) is 22.6 Å². The van der Waals surface area contributed by atoms with Gasteiger partial charge in [0.15, 0.2) is 0 Å². The topological polar surface area (TPSA) is 12.0 Å². The molecule has 2 heteroatoms. The molecule has 1 N–H and O–H groups in total. The largest absolute Gasteiger partial charge is 0.319 e. The molecule has 1 nitrogen and oxygen atoms in total. The Balaban J connectivity index is 2.21. The van der Waals surface area contributed by atoms with Crippen molar-refractivity contribution in [2.45, 2.75) is 19.3 Å². The lowest BCUT2D eigenvalue weighted by Gasteiger charge is -2.18. The molecular weight excluding hydrogens is 237 g/mol. The predicted molar refractivity (Wildman–Crippen MR) is 78.0 cm³/mol. The zero-order valence-electron chi connectivity index (χ0n) is 11.5. The predicted octanol–water partition coefficient (Wildman–Crippen LogP) is 3.68. The van der Waals surface area contributed by atoms with E-state index in [-0.39, 0.29) is 5.82 Å². The minimum Gasteiger partial charge on any atom is -0.319 e. The van der Waals surface area contributed by atoms with Crippen molar-refractivity contribution in [1.82, 2.24) is 5.32 Å². The Hall–Kier alpha value is -1.67. The Morgan fingerprint density at radius 1 is 1.11 bits per heavy atom. The molecule has 0 bridgehead atoms. The number of aryl methyl sites for hydroxylation is 1. The van der Waals surface area contributed by atoms with Crippen LogP contribution in [0.3, 0.4) is 0 Å². The quantitative estimate of drug-likeness (QED) is 0.861. The van der Waals surface area contributed by atoms with E-state index in [2.05, 4.69) is 29.6 Å². The van der Waals surface area contributed by atoms with E-state index in [9.17, 15) is 4.39 Å². The highest BCUT2D eigenvalue weighted by Gasteiger charge is 2.12. The lowest BCUT2D eigenvalue weighted by Crippen LogP contribution is -2.19. The highest BCUT2D eigenvalue weighted by atomic mass is 19.1. The molecule has 0 aromatic heterocycles. The fraction of sp³-hybridized carbons (Fsp3) is 0.294. The number of rotatable bonds is 5. The Morgan fingerprint density at radius 2 is 1.84 bits per heavy atom. The second-order valence-corrected chi connectivity index (χ2v) is 4.94. The average Bonchev–Trinajstić information content (AvgIpc) is 2.42. The minimum atomic E-state index is -0.161. The van der Waals surface area contributed by atoms with E-state index >= 15 is 0 Å². The first kappa shape index (κ1) is 13.8. The van der Waals surface area contributed by atoms with E-state index in [1.54, 1.807) is 12.1 Å². The van der Waals surface area contributed by atoms with Crippen LogP contribution in [-0.4, -0.2) is 13.6 Å². The van der Waals surface area contributed by atoms with Gasteiger partial charge in [-0.05, 0) is 49.2 Å². The monoisotopic (exact) mass is 257 g/mol. The van der Waals surface area contributed by atoms with Crippen molar-refractivity contribution in [3.8, 4) is 0 Å². The zero-order chi connectivity index (χ0) is 13.7. The Kier molecular flexibility index (Phi) is 4.69. The molecule has 0 spiro atoms. The van der Waals surface area contributed by atoms with E-state index < -0.39 is 0 Å². The van der Waals surface area contributed by atoms with Gasteiger partial charge in [-0.2, -0.15) is 0 Å². The number of hydrogen-bond donors (Lipinski definition) is 1. The molecular formula is C17H20FN. The van der Waals surface area contributed by atoms with Gasteiger partial charge in [-0.3, -0.25) is 0 Å². The average molecular weight is 257 g/mol. The third kappa shape index (κ3) is 3.65. The van der Waals surface area contributed by atoms with Gasteiger partial charge in [-0.15, -0.1) is 0 Å². The number of hydrogen-bond acceptors (Lipinski definition) is 1. The molecule has 0 saturated heterocycles. The zero-order valence-corrected chi connectivity index (χ0v) is 11.5. The SMILES string of the molecule is CNCC(Cc1ccc(F)cc1C)c1ccccc1. The molecule has 1 unspecified atom stereocenters. The molecule has 19 heavy (non-hydrogen) atoms. The fourth-order valence-electron chi connectivity index (χ4n) is 2.43. The van der Waals surface area contributed by atoms with E-state index in [1.807, 2.05) is 26.1 Å². The second-order valence-electron chi connectivity index (χ2n) is 4.94. The van der Waals surface area contributed by atoms with Crippen LogP contribution in [0.2, 0.25) is 0 Å². The summed E-state index contributed by atoms with van der Waals surface area (Å²) in [6, 6.07) is 15.5. The molecule has 0 aliphatic carbocycles. The van der Waals surface area contributed by atoms with Gasteiger partial charge in [-0.1, -0.05) is 36.4 Å². The molecule has 100 valence electrons. The van der Waals surface area contributed by atoms with Gasteiger partial charge in [0.05, 0.1) is 0 Å². The summed E-state index contributed by atoms with van der Waals surface area (Å²) in [5, 5.41) is 3.24. The van der Waals surface area contributed by atoms with Gasteiger partial charge in [-0.25, -0.2) is 4.39 Å². The number of nitrogens with one attached hydrogen (secondary N) is 1. The third-order valence-corrected chi connectivity index (χ3v) is 3.49. The molecule has 0 heterocycles. The van der Waals surface area contributed by atoms with Crippen LogP contribution in [0.15, 0.2) is 48.5 Å². The van der Waals surface area contributed by atoms with E-state index in [4.69, 9.17) is 0 Å². The smallest absolute Gasteiger partial charge is 0.123 e. The summed E-state index contributed by atoms with van der Waals surface area (Å²) in [4.78, 5) is 0. The molecule has 0 aliphatic rings. The maximum atomic E-state index is 13.1. The lowest BCUT2D eigenvalue weighted by molar-refractivity contribution is 0.613. The first-order chi connectivity index (χ1) is 9.20. The summed E-state index contributed by atoms with van der Waals surface area (Å²) in [7, 11) is 1.97.